The van der Waals surface area contributed by atoms with E-state index in [1.54, 1.807) is 0 Å². The molecule has 0 aromatic heterocycles. The molecular formula is C13H14ClN. The zero-order chi connectivity index (χ0) is 11.3. The van der Waals surface area contributed by atoms with Crippen molar-refractivity contribution in [2.45, 2.75) is 0 Å². The van der Waals surface area contributed by atoms with Gasteiger partial charge >= 0.3 is 0 Å². The molecule has 1 aromatic rings. The first-order valence-corrected chi connectivity index (χ1v) is 5.07. The van der Waals surface area contributed by atoms with E-state index in [0.29, 0.717) is 6.54 Å². The van der Waals surface area contributed by atoms with E-state index in [0.717, 1.165) is 22.7 Å². The van der Waals surface area contributed by atoms with E-state index in [1.807, 2.05) is 36.2 Å². The van der Waals surface area contributed by atoms with Crippen LogP contribution < -0.4 is 0 Å². The largest absolute Gasteiger partial charge is 0.291 e. The summed E-state index contributed by atoms with van der Waals surface area (Å²) in [4.78, 5) is 2.03. The van der Waals surface area contributed by atoms with Crippen LogP contribution in [0.3, 0.4) is 0 Å². The molecule has 15 heavy (non-hydrogen) atoms. The highest BCUT2D eigenvalue weighted by molar-refractivity contribution is 6.30. The Morgan fingerprint density at radius 3 is 2.93 bits per heavy atom. The Kier molecular flexibility index (Phi) is 4.42. The Labute approximate surface area is 96.4 Å². The molecular weight excluding hydrogens is 206 g/mol. The van der Waals surface area contributed by atoms with Crippen LogP contribution in [0, 0.1) is 12.3 Å². The molecule has 78 valence electrons. The Bertz CT molecular complexity index is 390. The lowest BCUT2D eigenvalue weighted by molar-refractivity contribution is 0.425. The van der Waals surface area contributed by atoms with Crippen molar-refractivity contribution in [3.63, 3.8) is 0 Å². The summed E-state index contributed by atoms with van der Waals surface area (Å²) < 4.78 is 0. The summed E-state index contributed by atoms with van der Waals surface area (Å²) in [5.41, 5.74) is 2.08. The highest BCUT2D eigenvalue weighted by atomic mass is 35.5. The molecule has 1 aromatic carbocycles. The third-order valence-electron chi connectivity index (χ3n) is 2.05. The van der Waals surface area contributed by atoms with E-state index >= 15 is 0 Å². The number of rotatable bonds is 4. The predicted molar refractivity (Wildman–Crippen MR) is 66.8 cm³/mol. The van der Waals surface area contributed by atoms with Crippen molar-refractivity contribution in [3.8, 4) is 12.3 Å². The summed E-state index contributed by atoms with van der Waals surface area (Å²) in [5, 5.41) is 0.730. The summed E-state index contributed by atoms with van der Waals surface area (Å²) in [5.74, 6) is 2.59. The number of terminal acetylenes is 1. The van der Waals surface area contributed by atoms with Gasteiger partial charge in [-0.05, 0) is 30.3 Å². The van der Waals surface area contributed by atoms with Gasteiger partial charge in [0.25, 0.3) is 0 Å². The zero-order valence-corrected chi connectivity index (χ0v) is 9.59. The summed E-state index contributed by atoms with van der Waals surface area (Å²) in [6.45, 7) is 5.40. The lowest BCUT2D eigenvalue weighted by Gasteiger charge is -2.15. The Balaban J connectivity index is 2.66. The summed E-state index contributed by atoms with van der Waals surface area (Å²) in [6.07, 6.45) is 5.23. The van der Waals surface area contributed by atoms with Gasteiger partial charge in [-0.15, -0.1) is 6.42 Å². The van der Waals surface area contributed by atoms with Crippen LogP contribution in [0.25, 0.3) is 5.57 Å². The molecule has 0 aliphatic rings. The minimum Gasteiger partial charge on any atom is -0.291 e. The summed E-state index contributed by atoms with van der Waals surface area (Å²) in [7, 11) is 1.97. The topological polar surface area (TPSA) is 3.24 Å². The lowest BCUT2D eigenvalue weighted by Crippen LogP contribution is -2.20. The first kappa shape index (κ1) is 11.8. The van der Waals surface area contributed by atoms with Crippen LogP contribution >= 0.6 is 11.6 Å². The van der Waals surface area contributed by atoms with E-state index in [4.69, 9.17) is 18.0 Å². The van der Waals surface area contributed by atoms with E-state index in [9.17, 15) is 0 Å². The van der Waals surface area contributed by atoms with Gasteiger partial charge in [-0.1, -0.05) is 36.2 Å². The molecule has 1 nitrogen and oxygen atoms in total. The van der Waals surface area contributed by atoms with Gasteiger partial charge in [0.05, 0.1) is 6.54 Å². The molecule has 0 N–H and O–H groups in total. The van der Waals surface area contributed by atoms with Crippen molar-refractivity contribution in [2.24, 2.45) is 0 Å². The molecule has 0 fully saturated rings. The van der Waals surface area contributed by atoms with Gasteiger partial charge in [0, 0.05) is 11.6 Å². The van der Waals surface area contributed by atoms with Crippen LogP contribution in [0.1, 0.15) is 5.56 Å². The van der Waals surface area contributed by atoms with Crippen molar-refractivity contribution >= 4 is 17.2 Å². The lowest BCUT2D eigenvalue weighted by atomic mass is 10.1. The van der Waals surface area contributed by atoms with Gasteiger partial charge in [0.1, 0.15) is 0 Å². The Morgan fingerprint density at radius 1 is 1.60 bits per heavy atom. The number of benzene rings is 1. The average Bonchev–Trinajstić information content (AvgIpc) is 2.18. The molecule has 0 aliphatic heterocycles. The fourth-order valence-corrected chi connectivity index (χ4v) is 1.53. The molecule has 0 atom stereocenters. The summed E-state index contributed by atoms with van der Waals surface area (Å²) >= 11 is 5.90. The minimum absolute atomic E-state index is 0.625. The van der Waals surface area contributed by atoms with Crippen molar-refractivity contribution < 1.29 is 0 Å². The van der Waals surface area contributed by atoms with Gasteiger partial charge in [-0.2, -0.15) is 0 Å². The smallest absolute Gasteiger partial charge is 0.0599 e. The average molecular weight is 220 g/mol. The molecule has 0 amide bonds. The van der Waals surface area contributed by atoms with Crippen LogP contribution in [0.15, 0.2) is 30.8 Å². The SMILES string of the molecule is C#CCN(C)CC(=C)c1cccc(Cl)c1. The van der Waals surface area contributed by atoms with Gasteiger partial charge in [-0.25, -0.2) is 0 Å². The molecule has 0 saturated heterocycles. The molecule has 1 rings (SSSR count). The molecule has 0 radical (unpaired) electrons. The quantitative estimate of drug-likeness (QED) is 0.704. The molecule has 0 saturated carbocycles. The van der Waals surface area contributed by atoms with Crippen LogP contribution in [-0.2, 0) is 0 Å². The fourth-order valence-electron chi connectivity index (χ4n) is 1.34. The molecule has 0 bridgehead atoms. The van der Waals surface area contributed by atoms with Crippen LogP contribution in [0.4, 0.5) is 0 Å². The second-order valence-corrected chi connectivity index (χ2v) is 3.93. The first-order valence-electron chi connectivity index (χ1n) is 4.69. The van der Waals surface area contributed by atoms with Gasteiger partial charge in [0.15, 0.2) is 0 Å². The zero-order valence-electron chi connectivity index (χ0n) is 8.83. The number of nitrogens with zero attached hydrogens (tertiary/aromatic N) is 1. The standard InChI is InChI=1S/C13H14ClN/c1-4-8-15(3)10-11(2)12-6-5-7-13(14)9-12/h1,5-7,9H,2,8,10H2,3H3. The van der Waals surface area contributed by atoms with E-state index in [2.05, 4.69) is 12.5 Å². The number of halogens is 1. The maximum absolute atomic E-state index is 5.90. The molecule has 0 spiro atoms. The monoisotopic (exact) mass is 219 g/mol. The maximum Gasteiger partial charge on any atom is 0.0599 e. The van der Waals surface area contributed by atoms with E-state index in [1.165, 1.54) is 0 Å². The van der Waals surface area contributed by atoms with Crippen molar-refractivity contribution in [3.05, 3.63) is 41.4 Å². The Morgan fingerprint density at radius 2 is 2.33 bits per heavy atom. The second-order valence-electron chi connectivity index (χ2n) is 3.49. The highest BCUT2D eigenvalue weighted by Gasteiger charge is 2.02. The van der Waals surface area contributed by atoms with E-state index < -0.39 is 0 Å². The molecule has 0 heterocycles. The third-order valence-corrected chi connectivity index (χ3v) is 2.29. The van der Waals surface area contributed by atoms with Gasteiger partial charge < -0.3 is 0 Å². The van der Waals surface area contributed by atoms with Crippen LogP contribution in [-0.4, -0.2) is 25.0 Å². The molecule has 0 aliphatic carbocycles. The van der Waals surface area contributed by atoms with Crippen LogP contribution in [0.5, 0.6) is 0 Å². The molecule has 2 heteroatoms. The number of likely N-dealkylation sites (N-methyl/N-ethyl adjacent to an activating group) is 1. The number of hydrogen-bond acceptors (Lipinski definition) is 1. The predicted octanol–water partition coefficient (Wildman–Crippen LogP) is 2.92. The highest BCUT2D eigenvalue weighted by Crippen LogP contribution is 2.17. The normalized spacial score (nSPS) is 10.0. The maximum atomic E-state index is 5.90. The second kappa shape index (κ2) is 5.60. The van der Waals surface area contributed by atoms with Crippen molar-refractivity contribution in [1.29, 1.82) is 0 Å². The molecule has 0 unspecified atom stereocenters. The fraction of sp³-hybridized carbons (Fsp3) is 0.231. The van der Waals surface area contributed by atoms with E-state index in [-0.39, 0.29) is 0 Å². The van der Waals surface area contributed by atoms with Gasteiger partial charge in [0.2, 0.25) is 0 Å². The van der Waals surface area contributed by atoms with Crippen molar-refractivity contribution in [1.82, 2.24) is 4.90 Å². The summed E-state index contributed by atoms with van der Waals surface area (Å²) in [6, 6.07) is 7.68. The third kappa shape index (κ3) is 3.79. The minimum atomic E-state index is 0.625. The van der Waals surface area contributed by atoms with Gasteiger partial charge in [-0.3, -0.25) is 4.90 Å². The first-order chi connectivity index (χ1) is 7.13. The van der Waals surface area contributed by atoms with Crippen LogP contribution in [0.2, 0.25) is 5.02 Å². The Hall–Kier alpha value is -1.23. The number of hydrogen-bond donors (Lipinski definition) is 0. The van der Waals surface area contributed by atoms with Crippen molar-refractivity contribution in [2.75, 3.05) is 20.1 Å².